The van der Waals surface area contributed by atoms with Crippen LogP contribution in [0.4, 0.5) is 0 Å². The molecule has 0 aliphatic heterocycles. The van der Waals surface area contributed by atoms with Crippen molar-refractivity contribution in [1.29, 1.82) is 0 Å². The van der Waals surface area contributed by atoms with E-state index in [1.807, 2.05) is 73.7 Å². The lowest BCUT2D eigenvalue weighted by molar-refractivity contribution is 0.0955. The first-order valence-electron chi connectivity index (χ1n) is 8.47. The second-order valence-electron chi connectivity index (χ2n) is 6.05. The van der Waals surface area contributed by atoms with Gasteiger partial charge in [0, 0.05) is 10.6 Å². The number of halogens is 1. The van der Waals surface area contributed by atoms with E-state index in [4.69, 9.17) is 16.3 Å². The summed E-state index contributed by atoms with van der Waals surface area (Å²) in [5.41, 5.74) is 6.04. The van der Waals surface area contributed by atoms with Crippen LogP contribution in [0.25, 0.3) is 0 Å². The van der Waals surface area contributed by atoms with Crippen LogP contribution >= 0.6 is 11.6 Å². The van der Waals surface area contributed by atoms with Crippen LogP contribution in [0.1, 0.15) is 27.0 Å². The minimum absolute atomic E-state index is 0.238. The Kier molecular flexibility index (Phi) is 6.23. The number of benzene rings is 3. The Morgan fingerprint density at radius 3 is 2.52 bits per heavy atom. The largest absolute Gasteiger partial charge is 0.489 e. The summed E-state index contributed by atoms with van der Waals surface area (Å²) in [5, 5.41) is 4.71. The maximum absolute atomic E-state index is 12.0. The summed E-state index contributed by atoms with van der Waals surface area (Å²) in [6, 6.07) is 22.4. The van der Waals surface area contributed by atoms with Gasteiger partial charge < -0.3 is 4.74 Å². The molecule has 1 amide bonds. The van der Waals surface area contributed by atoms with Crippen LogP contribution < -0.4 is 10.2 Å². The van der Waals surface area contributed by atoms with Crippen molar-refractivity contribution in [3.05, 3.63) is 100 Å². The second kappa shape index (κ2) is 9.01. The van der Waals surface area contributed by atoms with Crippen molar-refractivity contribution in [2.45, 2.75) is 13.5 Å². The van der Waals surface area contributed by atoms with Gasteiger partial charge >= 0.3 is 0 Å². The fourth-order valence-corrected chi connectivity index (χ4v) is 2.54. The molecule has 0 radical (unpaired) electrons. The van der Waals surface area contributed by atoms with Gasteiger partial charge in [-0.05, 0) is 66.6 Å². The molecule has 0 spiro atoms. The fraction of sp³-hybridized carbons (Fsp3) is 0.0909. The summed E-state index contributed by atoms with van der Waals surface area (Å²) >= 11 is 5.87. The monoisotopic (exact) mass is 378 g/mol. The molecule has 0 saturated heterocycles. The standard InChI is InChI=1S/C22H19ClN2O2/c1-16-3-2-4-19(13-16)22(26)25-24-14-17-7-11-21(12-8-17)27-15-18-5-9-20(23)10-6-18/h2-14H,15H2,1H3,(H,25,26)/b24-14-. The molecule has 1 N–H and O–H groups in total. The van der Waals surface area contributed by atoms with Gasteiger partial charge in [-0.2, -0.15) is 5.10 Å². The van der Waals surface area contributed by atoms with Crippen LogP contribution in [-0.2, 0) is 6.61 Å². The van der Waals surface area contributed by atoms with E-state index >= 15 is 0 Å². The van der Waals surface area contributed by atoms with Gasteiger partial charge in [0.05, 0.1) is 6.21 Å². The van der Waals surface area contributed by atoms with E-state index in [1.165, 1.54) is 0 Å². The fourth-order valence-electron chi connectivity index (χ4n) is 2.41. The Bertz CT molecular complexity index is 935. The van der Waals surface area contributed by atoms with E-state index in [0.29, 0.717) is 17.2 Å². The molecule has 3 aromatic carbocycles. The molecule has 0 aliphatic carbocycles. The van der Waals surface area contributed by atoms with Gasteiger partial charge in [-0.3, -0.25) is 4.79 Å². The van der Waals surface area contributed by atoms with Crippen molar-refractivity contribution in [1.82, 2.24) is 5.43 Å². The number of aryl methyl sites for hydroxylation is 1. The first kappa shape index (κ1) is 18.7. The van der Waals surface area contributed by atoms with Gasteiger partial charge in [0.1, 0.15) is 12.4 Å². The molecule has 27 heavy (non-hydrogen) atoms. The zero-order valence-corrected chi connectivity index (χ0v) is 15.6. The topological polar surface area (TPSA) is 50.7 Å². The van der Waals surface area contributed by atoms with E-state index in [2.05, 4.69) is 10.5 Å². The molecular formula is C22H19ClN2O2. The molecule has 0 unspecified atom stereocenters. The first-order valence-corrected chi connectivity index (χ1v) is 8.85. The summed E-state index contributed by atoms with van der Waals surface area (Å²) in [6.07, 6.45) is 1.59. The van der Waals surface area contributed by atoms with Crippen LogP contribution in [0.2, 0.25) is 5.02 Å². The lowest BCUT2D eigenvalue weighted by Gasteiger charge is -2.06. The van der Waals surface area contributed by atoms with E-state index < -0.39 is 0 Å². The summed E-state index contributed by atoms with van der Waals surface area (Å²) in [4.78, 5) is 12.0. The number of nitrogens with one attached hydrogen (secondary N) is 1. The third kappa shape index (κ3) is 5.69. The highest BCUT2D eigenvalue weighted by molar-refractivity contribution is 6.30. The Balaban J connectivity index is 1.51. The maximum atomic E-state index is 12.0. The number of rotatable bonds is 6. The van der Waals surface area contributed by atoms with Crippen LogP contribution in [0.15, 0.2) is 77.9 Å². The smallest absolute Gasteiger partial charge is 0.271 e. The number of carbonyl (C=O) groups excluding carboxylic acids is 1. The SMILES string of the molecule is Cc1cccc(C(=O)N/N=C\c2ccc(OCc3ccc(Cl)cc3)cc2)c1. The molecular weight excluding hydrogens is 360 g/mol. The second-order valence-corrected chi connectivity index (χ2v) is 6.49. The molecule has 0 heterocycles. The highest BCUT2D eigenvalue weighted by Crippen LogP contribution is 2.15. The predicted octanol–water partition coefficient (Wildman–Crippen LogP) is 4.99. The summed E-state index contributed by atoms with van der Waals surface area (Å²) < 4.78 is 5.74. The van der Waals surface area contributed by atoms with E-state index in [1.54, 1.807) is 12.3 Å². The molecule has 0 aliphatic rings. The molecule has 3 aromatic rings. The Morgan fingerprint density at radius 2 is 1.81 bits per heavy atom. The van der Waals surface area contributed by atoms with Crippen LogP contribution in [-0.4, -0.2) is 12.1 Å². The van der Waals surface area contributed by atoms with Gasteiger partial charge in [-0.25, -0.2) is 5.43 Å². The Hall–Kier alpha value is -3.11. The first-order chi connectivity index (χ1) is 13.1. The van der Waals surface area contributed by atoms with Crippen molar-refractivity contribution in [2.75, 3.05) is 0 Å². The van der Waals surface area contributed by atoms with E-state index in [-0.39, 0.29) is 5.91 Å². The van der Waals surface area contributed by atoms with Crippen molar-refractivity contribution >= 4 is 23.7 Å². The van der Waals surface area contributed by atoms with Crippen LogP contribution in [0, 0.1) is 6.92 Å². The molecule has 0 bridgehead atoms. The molecule has 0 saturated carbocycles. The third-order valence-electron chi connectivity index (χ3n) is 3.86. The molecule has 5 heteroatoms. The van der Waals surface area contributed by atoms with Crippen molar-refractivity contribution in [2.24, 2.45) is 5.10 Å². The number of hydrogen-bond donors (Lipinski definition) is 1. The lowest BCUT2D eigenvalue weighted by atomic mass is 10.1. The number of hydrogen-bond acceptors (Lipinski definition) is 3. The molecule has 0 atom stereocenters. The maximum Gasteiger partial charge on any atom is 0.271 e. The van der Waals surface area contributed by atoms with E-state index in [9.17, 15) is 4.79 Å². The quantitative estimate of drug-likeness (QED) is 0.485. The molecule has 136 valence electrons. The lowest BCUT2D eigenvalue weighted by Crippen LogP contribution is -2.17. The van der Waals surface area contributed by atoms with Crippen LogP contribution in [0.5, 0.6) is 5.75 Å². The average molecular weight is 379 g/mol. The van der Waals surface area contributed by atoms with Crippen molar-refractivity contribution in [3.8, 4) is 5.75 Å². The van der Waals surface area contributed by atoms with Gasteiger partial charge in [0.15, 0.2) is 0 Å². The summed E-state index contributed by atoms with van der Waals surface area (Å²) in [7, 11) is 0. The number of amides is 1. The normalized spacial score (nSPS) is 10.7. The Labute approximate surface area is 163 Å². The average Bonchev–Trinajstić information content (AvgIpc) is 2.68. The number of ether oxygens (including phenoxy) is 1. The Morgan fingerprint density at radius 1 is 1.07 bits per heavy atom. The third-order valence-corrected chi connectivity index (χ3v) is 4.11. The predicted molar refractivity (Wildman–Crippen MR) is 108 cm³/mol. The zero-order chi connectivity index (χ0) is 19.1. The van der Waals surface area contributed by atoms with Crippen molar-refractivity contribution in [3.63, 3.8) is 0 Å². The number of carbonyl (C=O) groups is 1. The number of nitrogens with zero attached hydrogens (tertiary/aromatic N) is 1. The summed E-state index contributed by atoms with van der Waals surface area (Å²) in [6.45, 7) is 2.41. The van der Waals surface area contributed by atoms with Gasteiger partial charge in [-0.1, -0.05) is 41.4 Å². The van der Waals surface area contributed by atoms with Crippen LogP contribution in [0.3, 0.4) is 0 Å². The highest BCUT2D eigenvalue weighted by Gasteiger charge is 2.03. The molecule has 0 fully saturated rings. The molecule has 4 nitrogen and oxygen atoms in total. The number of hydrazone groups is 1. The van der Waals surface area contributed by atoms with E-state index in [0.717, 1.165) is 22.4 Å². The molecule has 0 aromatic heterocycles. The molecule has 3 rings (SSSR count). The zero-order valence-electron chi connectivity index (χ0n) is 14.9. The van der Waals surface area contributed by atoms with Gasteiger partial charge in [-0.15, -0.1) is 0 Å². The van der Waals surface area contributed by atoms with Crippen molar-refractivity contribution < 1.29 is 9.53 Å². The summed E-state index contributed by atoms with van der Waals surface area (Å²) in [5.74, 6) is 0.517. The highest BCUT2D eigenvalue weighted by atomic mass is 35.5. The van der Waals surface area contributed by atoms with Gasteiger partial charge in [0.25, 0.3) is 5.91 Å². The minimum atomic E-state index is -0.238. The minimum Gasteiger partial charge on any atom is -0.489 e. The van der Waals surface area contributed by atoms with Gasteiger partial charge in [0.2, 0.25) is 0 Å².